The van der Waals surface area contributed by atoms with E-state index in [0.29, 0.717) is 17.2 Å². The zero-order valence-electron chi connectivity index (χ0n) is 10.3. The summed E-state index contributed by atoms with van der Waals surface area (Å²) in [5, 5.41) is 0. The SMILES string of the molecule is COc1cc(N)ccc1OCc1cccc(F)c1F. The second-order valence-electron chi connectivity index (χ2n) is 3.91. The van der Waals surface area contributed by atoms with Crippen molar-refractivity contribution in [1.29, 1.82) is 0 Å². The van der Waals surface area contributed by atoms with Gasteiger partial charge < -0.3 is 15.2 Å². The molecule has 0 fully saturated rings. The molecule has 0 aliphatic rings. The molecule has 0 amide bonds. The zero-order valence-corrected chi connectivity index (χ0v) is 10.3. The molecule has 2 aromatic carbocycles. The predicted octanol–water partition coefficient (Wildman–Crippen LogP) is 3.13. The average molecular weight is 265 g/mol. The van der Waals surface area contributed by atoms with Gasteiger partial charge in [0.2, 0.25) is 0 Å². The third-order valence-corrected chi connectivity index (χ3v) is 2.60. The van der Waals surface area contributed by atoms with Gasteiger partial charge in [0.15, 0.2) is 23.1 Å². The van der Waals surface area contributed by atoms with Crippen LogP contribution in [0.3, 0.4) is 0 Å². The fourth-order valence-corrected chi connectivity index (χ4v) is 1.62. The second-order valence-corrected chi connectivity index (χ2v) is 3.91. The lowest BCUT2D eigenvalue weighted by molar-refractivity contribution is 0.278. The Morgan fingerprint density at radius 2 is 1.89 bits per heavy atom. The molecule has 0 aromatic heterocycles. The largest absolute Gasteiger partial charge is 0.493 e. The smallest absolute Gasteiger partial charge is 0.165 e. The number of rotatable bonds is 4. The van der Waals surface area contributed by atoms with Crippen molar-refractivity contribution in [2.45, 2.75) is 6.61 Å². The molecule has 0 aliphatic heterocycles. The van der Waals surface area contributed by atoms with Crippen molar-refractivity contribution in [2.24, 2.45) is 0 Å². The second kappa shape index (κ2) is 5.56. The minimum atomic E-state index is -0.906. The van der Waals surface area contributed by atoms with Gasteiger partial charge in [0.05, 0.1) is 7.11 Å². The van der Waals surface area contributed by atoms with Crippen LogP contribution in [0.4, 0.5) is 14.5 Å². The van der Waals surface area contributed by atoms with Crippen molar-refractivity contribution < 1.29 is 18.3 Å². The Morgan fingerprint density at radius 3 is 2.63 bits per heavy atom. The Balaban J connectivity index is 2.17. The van der Waals surface area contributed by atoms with Gasteiger partial charge in [-0.1, -0.05) is 12.1 Å². The van der Waals surface area contributed by atoms with Crippen molar-refractivity contribution in [3.63, 3.8) is 0 Å². The van der Waals surface area contributed by atoms with Crippen LogP contribution < -0.4 is 15.2 Å². The van der Waals surface area contributed by atoms with Crippen LogP contribution in [0.25, 0.3) is 0 Å². The monoisotopic (exact) mass is 265 g/mol. The molecule has 5 heteroatoms. The molecule has 100 valence electrons. The number of halogens is 2. The molecular weight excluding hydrogens is 252 g/mol. The van der Waals surface area contributed by atoms with Crippen LogP contribution >= 0.6 is 0 Å². The van der Waals surface area contributed by atoms with Crippen LogP contribution in [0.5, 0.6) is 11.5 Å². The molecule has 0 heterocycles. The van der Waals surface area contributed by atoms with E-state index < -0.39 is 11.6 Å². The highest BCUT2D eigenvalue weighted by Gasteiger charge is 2.10. The molecule has 0 radical (unpaired) electrons. The first kappa shape index (κ1) is 13.1. The van der Waals surface area contributed by atoms with Crippen LogP contribution in [-0.4, -0.2) is 7.11 Å². The first-order valence-electron chi connectivity index (χ1n) is 5.61. The summed E-state index contributed by atoms with van der Waals surface area (Å²) in [6.45, 7) is -0.0934. The summed E-state index contributed by atoms with van der Waals surface area (Å²) in [7, 11) is 1.48. The number of hydrogen-bond donors (Lipinski definition) is 1. The van der Waals surface area contributed by atoms with Gasteiger partial charge in [-0.15, -0.1) is 0 Å². The highest BCUT2D eigenvalue weighted by molar-refractivity contribution is 5.51. The third-order valence-electron chi connectivity index (χ3n) is 2.60. The molecule has 0 spiro atoms. The Kier molecular flexibility index (Phi) is 3.85. The van der Waals surface area contributed by atoms with Gasteiger partial charge >= 0.3 is 0 Å². The normalized spacial score (nSPS) is 10.3. The van der Waals surface area contributed by atoms with E-state index in [9.17, 15) is 8.78 Å². The van der Waals surface area contributed by atoms with E-state index >= 15 is 0 Å². The molecule has 2 aromatic rings. The van der Waals surface area contributed by atoms with Gasteiger partial charge in [0, 0.05) is 17.3 Å². The summed E-state index contributed by atoms with van der Waals surface area (Å²) in [5.74, 6) is -0.945. The Bertz CT molecular complexity index is 588. The number of nitrogen functional groups attached to an aromatic ring is 1. The van der Waals surface area contributed by atoms with Crippen LogP contribution in [0.2, 0.25) is 0 Å². The number of anilines is 1. The van der Waals surface area contributed by atoms with Crippen LogP contribution in [0.15, 0.2) is 36.4 Å². The minimum absolute atomic E-state index is 0.0934. The van der Waals surface area contributed by atoms with Gasteiger partial charge in [-0.25, -0.2) is 8.78 Å². The van der Waals surface area contributed by atoms with Crippen LogP contribution in [0.1, 0.15) is 5.56 Å². The predicted molar refractivity (Wildman–Crippen MR) is 68.1 cm³/mol. The van der Waals surface area contributed by atoms with Gasteiger partial charge in [0.25, 0.3) is 0 Å². The molecule has 0 aliphatic carbocycles. The minimum Gasteiger partial charge on any atom is -0.493 e. The third kappa shape index (κ3) is 2.93. The molecule has 0 saturated heterocycles. The van der Waals surface area contributed by atoms with Crippen molar-refractivity contribution in [3.05, 3.63) is 53.6 Å². The van der Waals surface area contributed by atoms with Crippen molar-refractivity contribution in [2.75, 3.05) is 12.8 Å². The van der Waals surface area contributed by atoms with Crippen LogP contribution in [-0.2, 0) is 6.61 Å². The van der Waals surface area contributed by atoms with Gasteiger partial charge in [-0.2, -0.15) is 0 Å². The van der Waals surface area contributed by atoms with Crippen molar-refractivity contribution in [3.8, 4) is 11.5 Å². The summed E-state index contributed by atoms with van der Waals surface area (Å²) < 4.78 is 37.0. The number of benzene rings is 2. The quantitative estimate of drug-likeness (QED) is 0.864. The van der Waals surface area contributed by atoms with E-state index in [1.807, 2.05) is 0 Å². The molecule has 2 rings (SSSR count). The zero-order chi connectivity index (χ0) is 13.8. The van der Waals surface area contributed by atoms with E-state index in [-0.39, 0.29) is 12.2 Å². The van der Waals surface area contributed by atoms with E-state index in [1.165, 1.54) is 19.2 Å². The van der Waals surface area contributed by atoms with Gasteiger partial charge in [-0.3, -0.25) is 0 Å². The molecule has 0 unspecified atom stereocenters. The summed E-state index contributed by atoms with van der Waals surface area (Å²) in [4.78, 5) is 0. The molecular formula is C14H13F2NO2. The van der Waals surface area contributed by atoms with Gasteiger partial charge in [0.1, 0.15) is 6.61 Å². The molecule has 2 N–H and O–H groups in total. The first-order valence-corrected chi connectivity index (χ1v) is 5.61. The lowest BCUT2D eigenvalue weighted by Crippen LogP contribution is -2.02. The van der Waals surface area contributed by atoms with Crippen LogP contribution in [0, 0.1) is 11.6 Å². The van der Waals surface area contributed by atoms with E-state index in [2.05, 4.69) is 0 Å². The lowest BCUT2D eigenvalue weighted by Gasteiger charge is -2.11. The standard InChI is InChI=1S/C14H13F2NO2/c1-18-13-7-10(17)5-6-12(13)19-8-9-3-2-4-11(15)14(9)16/h2-7H,8,17H2,1H3. The summed E-state index contributed by atoms with van der Waals surface area (Å²) in [6.07, 6.45) is 0. The molecule has 0 bridgehead atoms. The lowest BCUT2D eigenvalue weighted by atomic mass is 10.2. The molecule has 19 heavy (non-hydrogen) atoms. The maximum Gasteiger partial charge on any atom is 0.165 e. The number of nitrogens with two attached hydrogens (primary N) is 1. The summed E-state index contributed by atoms with van der Waals surface area (Å²) >= 11 is 0. The average Bonchev–Trinajstić information content (AvgIpc) is 2.41. The van der Waals surface area contributed by atoms with Crippen molar-refractivity contribution >= 4 is 5.69 Å². The van der Waals surface area contributed by atoms with Crippen molar-refractivity contribution in [1.82, 2.24) is 0 Å². The Labute approximate surface area is 109 Å². The van der Waals surface area contributed by atoms with Gasteiger partial charge in [-0.05, 0) is 18.2 Å². The molecule has 3 nitrogen and oxygen atoms in total. The molecule has 0 saturated carbocycles. The maximum atomic E-state index is 13.4. The highest BCUT2D eigenvalue weighted by atomic mass is 19.2. The van der Waals surface area contributed by atoms with E-state index in [4.69, 9.17) is 15.2 Å². The Morgan fingerprint density at radius 1 is 1.11 bits per heavy atom. The summed E-state index contributed by atoms with van der Waals surface area (Å²) in [6, 6.07) is 8.80. The number of hydrogen-bond acceptors (Lipinski definition) is 3. The maximum absolute atomic E-state index is 13.4. The highest BCUT2D eigenvalue weighted by Crippen LogP contribution is 2.29. The number of methoxy groups -OCH3 is 1. The topological polar surface area (TPSA) is 44.5 Å². The van der Waals surface area contributed by atoms with E-state index in [1.54, 1.807) is 18.2 Å². The fourth-order valence-electron chi connectivity index (χ4n) is 1.62. The van der Waals surface area contributed by atoms with E-state index in [0.717, 1.165) is 6.07 Å². The first-order chi connectivity index (χ1) is 9.11. The summed E-state index contributed by atoms with van der Waals surface area (Å²) in [5.41, 5.74) is 6.28. The fraction of sp³-hybridized carbons (Fsp3) is 0.143. The number of ether oxygens (including phenoxy) is 2. The molecule has 0 atom stereocenters. The Hall–Kier alpha value is -2.30.